The molecule has 244 valence electrons. The van der Waals surface area contributed by atoms with Crippen LogP contribution < -0.4 is 5.32 Å². The van der Waals surface area contributed by atoms with Crippen molar-refractivity contribution in [3.63, 3.8) is 0 Å². The fraction of sp³-hybridized carbons (Fsp3) is 0.629. The van der Waals surface area contributed by atoms with Gasteiger partial charge in [0.25, 0.3) is 5.69 Å². The molecular weight excluding hydrogens is 570 g/mol. The molecule has 0 aliphatic heterocycles. The molecule has 10 nitrogen and oxygen atoms in total. The molecular formula is C35H49N5O5. The molecule has 3 fully saturated rings. The number of benzene rings is 1. The third kappa shape index (κ3) is 8.76. The Kier molecular flexibility index (Phi) is 11.2. The molecule has 0 spiro atoms. The SMILES string of the molecule is C=C1CC[C@@H](OC(=O)CNc2ccc(N=[N+]=[N-])cc2[N+](=O)[O-])C/C1=C/C=C1\CCC[C@@]2(C)C1CC[C@@H]2[C@H](C)CCCC(C)(C)O. The van der Waals surface area contributed by atoms with E-state index in [1.165, 1.54) is 43.4 Å². The number of carbonyl (C=O) groups is 1. The van der Waals surface area contributed by atoms with Crippen LogP contribution in [0.3, 0.4) is 0 Å². The molecule has 5 atom stereocenters. The summed E-state index contributed by atoms with van der Waals surface area (Å²) in [6.45, 7) is 12.8. The van der Waals surface area contributed by atoms with E-state index in [1.807, 2.05) is 13.8 Å². The number of ether oxygens (including phenoxy) is 1. The van der Waals surface area contributed by atoms with E-state index in [0.29, 0.717) is 36.0 Å². The van der Waals surface area contributed by atoms with Gasteiger partial charge < -0.3 is 15.2 Å². The second-order valence-electron chi connectivity index (χ2n) is 14.2. The van der Waals surface area contributed by atoms with Gasteiger partial charge in [-0.05, 0) is 106 Å². The summed E-state index contributed by atoms with van der Waals surface area (Å²) < 4.78 is 5.77. The highest BCUT2D eigenvalue weighted by molar-refractivity contribution is 5.77. The Morgan fingerprint density at radius 3 is 2.82 bits per heavy atom. The number of nitrogens with one attached hydrogen (secondary N) is 1. The summed E-state index contributed by atoms with van der Waals surface area (Å²) in [5.41, 5.74) is 12.0. The normalized spacial score (nSPS) is 27.5. The molecule has 0 radical (unpaired) electrons. The molecule has 0 bridgehead atoms. The number of esters is 1. The number of carbonyl (C=O) groups excluding carboxylic acids is 1. The predicted molar refractivity (Wildman–Crippen MR) is 177 cm³/mol. The van der Waals surface area contributed by atoms with Gasteiger partial charge in [-0.3, -0.25) is 14.9 Å². The molecule has 4 rings (SSSR count). The maximum atomic E-state index is 12.7. The molecule has 1 aromatic carbocycles. The van der Waals surface area contributed by atoms with E-state index in [9.17, 15) is 20.0 Å². The van der Waals surface area contributed by atoms with Crippen LogP contribution in [0.5, 0.6) is 0 Å². The number of nitro benzene ring substituents is 1. The maximum absolute atomic E-state index is 12.7. The van der Waals surface area contributed by atoms with Gasteiger partial charge in [0, 0.05) is 23.1 Å². The molecule has 1 unspecified atom stereocenters. The number of nitrogens with zero attached hydrogens (tertiary/aromatic N) is 4. The van der Waals surface area contributed by atoms with Crippen molar-refractivity contribution in [3.05, 3.63) is 74.2 Å². The minimum absolute atomic E-state index is 0.118. The number of allylic oxidation sites excluding steroid dienone is 4. The van der Waals surface area contributed by atoms with Crippen LogP contribution >= 0.6 is 0 Å². The molecule has 3 aliphatic rings. The fourth-order valence-corrected chi connectivity index (χ4v) is 8.08. The summed E-state index contributed by atoms with van der Waals surface area (Å²) in [7, 11) is 0. The van der Waals surface area contributed by atoms with E-state index >= 15 is 0 Å². The monoisotopic (exact) mass is 619 g/mol. The lowest BCUT2D eigenvalue weighted by atomic mass is 9.60. The van der Waals surface area contributed by atoms with Crippen molar-refractivity contribution in [3.8, 4) is 0 Å². The molecule has 10 heteroatoms. The zero-order valence-corrected chi connectivity index (χ0v) is 27.3. The summed E-state index contributed by atoms with van der Waals surface area (Å²) in [6.07, 6.45) is 15.4. The van der Waals surface area contributed by atoms with E-state index < -0.39 is 16.5 Å². The summed E-state index contributed by atoms with van der Waals surface area (Å²) in [5, 5.41) is 27.8. The lowest BCUT2D eigenvalue weighted by Crippen LogP contribution is -2.36. The van der Waals surface area contributed by atoms with Crippen LogP contribution in [0.4, 0.5) is 17.1 Å². The minimum atomic E-state index is -0.598. The average Bonchev–Trinajstić information content (AvgIpc) is 3.33. The topological polar surface area (TPSA) is 150 Å². The molecule has 3 aliphatic carbocycles. The number of anilines is 1. The van der Waals surface area contributed by atoms with Gasteiger partial charge in [-0.15, -0.1) is 0 Å². The molecule has 0 aromatic heterocycles. The maximum Gasteiger partial charge on any atom is 0.325 e. The molecule has 3 saturated carbocycles. The van der Waals surface area contributed by atoms with Crippen molar-refractivity contribution in [1.82, 2.24) is 0 Å². The average molecular weight is 620 g/mol. The Balaban J connectivity index is 1.36. The summed E-state index contributed by atoms with van der Waals surface area (Å²) in [6, 6.07) is 4.02. The van der Waals surface area contributed by atoms with Crippen LogP contribution in [0, 0.1) is 33.3 Å². The van der Waals surface area contributed by atoms with Crippen molar-refractivity contribution < 1.29 is 19.6 Å². The predicted octanol–water partition coefficient (Wildman–Crippen LogP) is 9.25. The highest BCUT2D eigenvalue weighted by atomic mass is 16.6. The van der Waals surface area contributed by atoms with E-state index in [1.54, 1.807) is 0 Å². The third-order valence-corrected chi connectivity index (χ3v) is 10.4. The van der Waals surface area contributed by atoms with Crippen LogP contribution in [0.2, 0.25) is 0 Å². The van der Waals surface area contributed by atoms with Crippen LogP contribution in [-0.4, -0.2) is 34.2 Å². The van der Waals surface area contributed by atoms with Gasteiger partial charge in [0.1, 0.15) is 18.3 Å². The third-order valence-electron chi connectivity index (χ3n) is 10.4. The summed E-state index contributed by atoms with van der Waals surface area (Å²) in [5.74, 6) is 1.45. The van der Waals surface area contributed by atoms with E-state index in [2.05, 4.69) is 47.9 Å². The zero-order chi connectivity index (χ0) is 32.8. The number of fused-ring (bicyclic) bond motifs is 1. The Bertz CT molecular complexity index is 1390. The standard InChI is InChI=1S/C35H49N5O5/c1-23-10-14-28(45-33(41)22-37-31-17-13-27(38-39-36)21-32(31)40(43)44)20-26(23)12-11-25-9-7-19-35(5)29(15-16-30(25)35)24(2)8-6-18-34(3,4)42/h11-13,17,21,24,28-30,37,42H,1,6-10,14-16,18-20,22H2,2-5H3/b25-11+,26-12-/t24-,28-,29-,30?,35-/m1/s1. The molecule has 0 saturated heterocycles. The van der Waals surface area contributed by atoms with Crippen molar-refractivity contribution >= 4 is 23.0 Å². The first-order valence-corrected chi connectivity index (χ1v) is 16.4. The Labute approximate surface area is 266 Å². The van der Waals surface area contributed by atoms with Crippen molar-refractivity contribution in [1.29, 1.82) is 0 Å². The van der Waals surface area contributed by atoms with Crippen LogP contribution in [0.25, 0.3) is 10.4 Å². The second-order valence-corrected chi connectivity index (χ2v) is 14.2. The van der Waals surface area contributed by atoms with Gasteiger partial charge in [-0.2, -0.15) is 0 Å². The highest BCUT2D eigenvalue weighted by Gasteiger charge is 2.50. The number of rotatable bonds is 12. The van der Waals surface area contributed by atoms with Crippen LogP contribution in [0.15, 0.2) is 58.8 Å². The van der Waals surface area contributed by atoms with Gasteiger partial charge in [0.2, 0.25) is 0 Å². The lowest BCUT2D eigenvalue weighted by Gasteiger charge is -2.44. The van der Waals surface area contributed by atoms with Gasteiger partial charge in [0.15, 0.2) is 0 Å². The quantitative estimate of drug-likeness (QED) is 0.0594. The Morgan fingerprint density at radius 1 is 1.33 bits per heavy atom. The van der Waals surface area contributed by atoms with E-state index in [-0.39, 0.29) is 29.7 Å². The lowest BCUT2D eigenvalue weighted by molar-refractivity contribution is -0.383. The highest BCUT2D eigenvalue weighted by Crippen LogP contribution is 2.60. The van der Waals surface area contributed by atoms with Gasteiger partial charge >= 0.3 is 5.97 Å². The number of nitro groups is 1. The summed E-state index contributed by atoms with van der Waals surface area (Å²) >= 11 is 0. The minimum Gasteiger partial charge on any atom is -0.461 e. The summed E-state index contributed by atoms with van der Waals surface area (Å²) in [4.78, 5) is 26.2. The first-order chi connectivity index (χ1) is 21.3. The zero-order valence-electron chi connectivity index (χ0n) is 27.3. The van der Waals surface area contributed by atoms with Crippen molar-refractivity contribution in [2.75, 3.05) is 11.9 Å². The second kappa shape index (κ2) is 14.6. The van der Waals surface area contributed by atoms with Gasteiger partial charge in [-0.25, -0.2) is 0 Å². The molecule has 0 amide bonds. The first kappa shape index (κ1) is 34.3. The van der Waals surface area contributed by atoms with Gasteiger partial charge in [0.05, 0.1) is 10.5 Å². The van der Waals surface area contributed by atoms with Crippen molar-refractivity contribution in [2.45, 2.75) is 110 Å². The number of hydrogen-bond donors (Lipinski definition) is 2. The number of azide groups is 1. The fourth-order valence-electron chi connectivity index (χ4n) is 8.08. The van der Waals surface area contributed by atoms with Crippen LogP contribution in [0.1, 0.15) is 98.3 Å². The first-order valence-electron chi connectivity index (χ1n) is 16.4. The molecule has 1 aromatic rings. The molecule has 0 heterocycles. The van der Waals surface area contributed by atoms with E-state index in [0.717, 1.165) is 49.3 Å². The largest absolute Gasteiger partial charge is 0.461 e. The van der Waals surface area contributed by atoms with E-state index in [4.69, 9.17) is 10.3 Å². The smallest absolute Gasteiger partial charge is 0.325 e. The molecule has 45 heavy (non-hydrogen) atoms. The van der Waals surface area contributed by atoms with Crippen LogP contribution in [-0.2, 0) is 9.53 Å². The van der Waals surface area contributed by atoms with Crippen molar-refractivity contribution in [2.24, 2.45) is 28.3 Å². The van der Waals surface area contributed by atoms with Gasteiger partial charge in [-0.1, -0.05) is 67.7 Å². The Hall–Kier alpha value is -3.62. The number of hydrogen-bond acceptors (Lipinski definition) is 7. The Morgan fingerprint density at radius 2 is 2.11 bits per heavy atom. The number of aliphatic hydroxyl groups is 1. The molecule has 2 N–H and O–H groups in total.